The molecule has 2 unspecified atom stereocenters. The topological polar surface area (TPSA) is 102 Å². The molecule has 8 nitrogen and oxygen atoms in total. The van der Waals surface area contributed by atoms with Gasteiger partial charge in [-0.3, -0.25) is 9.52 Å². The monoisotopic (exact) mass is 477 g/mol. The fourth-order valence-corrected chi connectivity index (χ4v) is 6.96. The molecule has 0 bridgehead atoms. The van der Waals surface area contributed by atoms with E-state index < -0.39 is 10.0 Å². The predicted octanol–water partition coefficient (Wildman–Crippen LogP) is 3.86. The molecule has 1 spiro atoms. The Labute approximate surface area is 196 Å². The zero-order valence-electron chi connectivity index (χ0n) is 18.6. The van der Waals surface area contributed by atoms with Gasteiger partial charge in [0.15, 0.2) is 11.6 Å². The lowest BCUT2D eigenvalue weighted by Gasteiger charge is -2.27. The minimum atomic E-state index is -3.93. The summed E-state index contributed by atoms with van der Waals surface area (Å²) in [6, 6.07) is 13.0. The molecule has 9 heteroatoms. The van der Waals surface area contributed by atoms with E-state index in [4.69, 9.17) is 9.26 Å². The Morgan fingerprint density at radius 1 is 1.21 bits per heavy atom. The number of piperidine rings is 1. The molecule has 0 radical (unpaired) electrons. The highest BCUT2D eigenvalue weighted by molar-refractivity contribution is 7.92. The number of carbonyl (C=O) groups is 1. The van der Waals surface area contributed by atoms with Crippen LogP contribution in [0.15, 0.2) is 51.9 Å². The van der Waals surface area contributed by atoms with Gasteiger partial charge in [0, 0.05) is 34.7 Å². The summed E-state index contributed by atoms with van der Waals surface area (Å²) in [6.07, 6.45) is 4.39. The molecule has 3 fully saturated rings. The van der Waals surface area contributed by atoms with E-state index in [1.807, 2.05) is 17.0 Å². The molecule has 1 amide bonds. The van der Waals surface area contributed by atoms with Crippen molar-refractivity contribution in [1.82, 2.24) is 5.16 Å². The van der Waals surface area contributed by atoms with Gasteiger partial charge in [0.25, 0.3) is 10.0 Å². The Hall–Kier alpha value is -3.33. The van der Waals surface area contributed by atoms with E-state index in [9.17, 15) is 13.2 Å². The largest absolute Gasteiger partial charge is 0.495 e. The summed E-state index contributed by atoms with van der Waals surface area (Å²) < 4.78 is 40.0. The molecule has 3 aromatic rings. The fourth-order valence-electron chi connectivity index (χ4n) is 5.76. The van der Waals surface area contributed by atoms with Gasteiger partial charge in [0.2, 0.25) is 5.91 Å². The number of anilines is 2. The zero-order chi connectivity index (χ0) is 23.2. The fraction of sp³-hybridized carbons (Fsp3) is 0.360. The summed E-state index contributed by atoms with van der Waals surface area (Å²) in [5.41, 5.74) is 3.71. The van der Waals surface area contributed by atoms with E-state index in [0.717, 1.165) is 36.1 Å². The van der Waals surface area contributed by atoms with Crippen LogP contribution in [0, 0.1) is 5.92 Å². The summed E-state index contributed by atoms with van der Waals surface area (Å²) in [5, 5.41) is 4.13. The third kappa shape index (κ3) is 2.79. The van der Waals surface area contributed by atoms with Crippen LogP contribution in [0.3, 0.4) is 0 Å². The number of nitrogens with zero attached hydrogens (tertiary/aromatic N) is 2. The SMILES string of the molecule is COc1ccccc1S(=O)(=O)Nc1noc2c1CC1(CC1)c1ccc(N3C(=O)CC4CC43)cc1-2. The molecule has 2 heterocycles. The van der Waals surface area contributed by atoms with Gasteiger partial charge in [-0.25, -0.2) is 8.42 Å². The highest BCUT2D eigenvalue weighted by Crippen LogP contribution is 2.59. The first-order valence-electron chi connectivity index (χ1n) is 11.5. The zero-order valence-corrected chi connectivity index (χ0v) is 19.4. The Kier molecular flexibility index (Phi) is 3.91. The van der Waals surface area contributed by atoms with Gasteiger partial charge in [-0.2, -0.15) is 0 Å². The van der Waals surface area contributed by atoms with Gasteiger partial charge in [-0.05, 0) is 61.4 Å². The van der Waals surface area contributed by atoms with Gasteiger partial charge in [0.1, 0.15) is 10.6 Å². The first-order valence-corrected chi connectivity index (χ1v) is 13.0. The lowest BCUT2D eigenvalue weighted by Crippen LogP contribution is -2.28. The van der Waals surface area contributed by atoms with Crippen LogP contribution < -0.4 is 14.4 Å². The van der Waals surface area contributed by atoms with E-state index in [1.54, 1.807) is 18.2 Å². The van der Waals surface area contributed by atoms with E-state index >= 15 is 0 Å². The number of ether oxygens (including phenoxy) is 1. The Morgan fingerprint density at radius 2 is 2.03 bits per heavy atom. The molecule has 1 saturated heterocycles. The maximum absolute atomic E-state index is 13.2. The number of aromatic nitrogens is 1. The van der Waals surface area contributed by atoms with Crippen LogP contribution in [0.5, 0.6) is 5.75 Å². The van der Waals surface area contributed by atoms with Gasteiger partial charge in [-0.1, -0.05) is 23.4 Å². The first-order chi connectivity index (χ1) is 16.4. The third-order valence-corrected chi connectivity index (χ3v) is 9.14. The van der Waals surface area contributed by atoms with Crippen molar-refractivity contribution in [3.05, 3.63) is 53.6 Å². The van der Waals surface area contributed by atoms with Crippen LogP contribution in [0.2, 0.25) is 0 Å². The van der Waals surface area contributed by atoms with Crippen molar-refractivity contribution in [2.24, 2.45) is 5.92 Å². The van der Waals surface area contributed by atoms with Crippen LogP contribution in [-0.2, 0) is 26.7 Å². The number of hydrogen-bond donors (Lipinski definition) is 1. The summed E-state index contributed by atoms with van der Waals surface area (Å²) in [6.45, 7) is 0. The Bertz CT molecular complexity index is 1470. The number of fused-ring (bicyclic) bond motifs is 5. The summed E-state index contributed by atoms with van der Waals surface area (Å²) in [5.74, 6) is 1.69. The molecule has 7 rings (SSSR count). The molecule has 174 valence electrons. The second kappa shape index (κ2) is 6.63. The molecule has 34 heavy (non-hydrogen) atoms. The van der Waals surface area contributed by atoms with Crippen LogP contribution in [0.1, 0.15) is 36.8 Å². The second-order valence-electron chi connectivity index (χ2n) is 9.81. The van der Waals surface area contributed by atoms with Gasteiger partial charge in [0.05, 0.1) is 7.11 Å². The molecule has 4 aliphatic rings. The number of benzene rings is 2. The number of para-hydroxylation sites is 1. The van der Waals surface area contributed by atoms with E-state index in [1.165, 1.54) is 18.7 Å². The highest BCUT2D eigenvalue weighted by Gasteiger charge is 2.53. The Morgan fingerprint density at radius 3 is 2.76 bits per heavy atom. The number of nitrogens with one attached hydrogen (secondary N) is 1. The van der Waals surface area contributed by atoms with Crippen molar-refractivity contribution in [2.45, 2.75) is 48.5 Å². The number of hydrogen-bond acceptors (Lipinski definition) is 6. The van der Waals surface area contributed by atoms with Gasteiger partial charge < -0.3 is 14.2 Å². The normalized spacial score (nSPS) is 23.3. The molecule has 1 N–H and O–H groups in total. The maximum atomic E-state index is 13.2. The smallest absolute Gasteiger partial charge is 0.266 e. The van der Waals surface area contributed by atoms with Gasteiger partial charge in [-0.15, -0.1) is 0 Å². The van der Waals surface area contributed by atoms with E-state index in [2.05, 4.69) is 15.9 Å². The molecular weight excluding hydrogens is 454 g/mol. The summed E-state index contributed by atoms with van der Waals surface area (Å²) >= 11 is 0. The molecule has 2 saturated carbocycles. The van der Waals surface area contributed by atoms with Crippen molar-refractivity contribution in [2.75, 3.05) is 16.7 Å². The van der Waals surface area contributed by atoms with Gasteiger partial charge >= 0.3 is 0 Å². The first kappa shape index (κ1) is 20.1. The number of amides is 1. The van der Waals surface area contributed by atoms with E-state index in [-0.39, 0.29) is 27.8 Å². The molecule has 2 atom stereocenters. The number of sulfonamides is 1. The van der Waals surface area contributed by atoms with Crippen molar-refractivity contribution in [1.29, 1.82) is 0 Å². The van der Waals surface area contributed by atoms with Crippen LogP contribution in [0.4, 0.5) is 11.5 Å². The molecule has 1 aliphatic heterocycles. The summed E-state index contributed by atoms with van der Waals surface area (Å²) in [4.78, 5) is 14.5. The van der Waals surface area contributed by atoms with E-state index in [0.29, 0.717) is 30.6 Å². The van der Waals surface area contributed by atoms with Crippen LogP contribution in [0.25, 0.3) is 11.3 Å². The standard InChI is InChI=1S/C25H23N3O5S/c1-32-20-4-2-3-5-21(20)34(30,31)27-24-17-13-25(8-9-25)18-7-6-15(12-16(18)23(17)33-26-24)28-19-10-14(19)11-22(28)29/h2-7,12,14,19H,8-11,13H2,1H3,(H,26,27). The lowest BCUT2D eigenvalue weighted by molar-refractivity contribution is -0.117. The average Bonchev–Trinajstić information content (AvgIpc) is 3.71. The Balaban J connectivity index is 1.30. The number of carbonyl (C=O) groups excluding carboxylic acids is 1. The second-order valence-corrected chi connectivity index (χ2v) is 11.5. The predicted molar refractivity (Wildman–Crippen MR) is 124 cm³/mol. The molecule has 2 aromatic carbocycles. The highest BCUT2D eigenvalue weighted by atomic mass is 32.2. The quantitative estimate of drug-likeness (QED) is 0.599. The van der Waals surface area contributed by atoms with Crippen LogP contribution in [-0.4, -0.2) is 32.6 Å². The van der Waals surface area contributed by atoms with Crippen molar-refractivity contribution < 1.29 is 22.5 Å². The minimum Gasteiger partial charge on any atom is -0.495 e. The molecule has 3 aliphatic carbocycles. The van der Waals surface area contributed by atoms with Crippen molar-refractivity contribution in [3.63, 3.8) is 0 Å². The lowest BCUT2D eigenvalue weighted by atomic mass is 9.79. The molecular formula is C25H23N3O5S. The van der Waals surface area contributed by atoms with Crippen molar-refractivity contribution >= 4 is 27.4 Å². The maximum Gasteiger partial charge on any atom is 0.266 e. The summed E-state index contributed by atoms with van der Waals surface area (Å²) in [7, 11) is -2.50. The number of methoxy groups -OCH3 is 1. The average molecular weight is 478 g/mol. The number of rotatable bonds is 5. The molecule has 1 aromatic heterocycles. The van der Waals surface area contributed by atoms with Crippen molar-refractivity contribution in [3.8, 4) is 17.1 Å². The third-order valence-electron chi connectivity index (χ3n) is 7.77. The minimum absolute atomic E-state index is 0.0336. The van der Waals surface area contributed by atoms with Crippen LogP contribution >= 0.6 is 0 Å².